The molecule has 0 aromatic rings. The normalized spacial score (nSPS) is 11.5. The van der Waals surface area contributed by atoms with E-state index in [0.29, 0.717) is 6.54 Å². The number of nitrogens with one attached hydrogen (secondary N) is 6. The van der Waals surface area contributed by atoms with Gasteiger partial charge in [-0.1, -0.05) is 84.0 Å². The van der Waals surface area contributed by atoms with Crippen LogP contribution in [0.3, 0.4) is 0 Å². The van der Waals surface area contributed by atoms with Gasteiger partial charge in [-0.15, -0.1) is 0 Å². The van der Waals surface area contributed by atoms with Crippen molar-refractivity contribution < 1.29 is 0 Å². The van der Waals surface area contributed by atoms with Crippen molar-refractivity contribution in [3.05, 3.63) is 0 Å². The quantitative estimate of drug-likeness (QED) is 0.0758. The van der Waals surface area contributed by atoms with E-state index < -0.39 is 0 Å². The van der Waals surface area contributed by atoms with E-state index >= 15 is 0 Å². The molecule has 206 valence electrons. The highest BCUT2D eigenvalue weighted by atomic mass is 15.0. The van der Waals surface area contributed by atoms with Crippen LogP contribution in [0.15, 0.2) is 0 Å². The predicted molar refractivity (Wildman–Crippen MR) is 152 cm³/mol. The maximum absolute atomic E-state index is 5.43. The fourth-order valence-electron chi connectivity index (χ4n) is 4.00. The van der Waals surface area contributed by atoms with Gasteiger partial charge in [-0.05, 0) is 13.0 Å². The standard InChI is InChI=1S/C27H63N7/c1-2-3-4-5-6-7-8-9-10-11-12-13-14-16-29-18-20-31-22-24-33-26-27-34-25-23-32-21-19-30-17-15-28/h29-34H,2-28H2,1H3. The van der Waals surface area contributed by atoms with Gasteiger partial charge in [0.15, 0.2) is 0 Å². The Morgan fingerprint density at radius 1 is 0.324 bits per heavy atom. The summed E-state index contributed by atoms with van der Waals surface area (Å²) in [5.41, 5.74) is 5.43. The molecule has 0 radical (unpaired) electrons. The van der Waals surface area contributed by atoms with E-state index in [-0.39, 0.29) is 0 Å². The lowest BCUT2D eigenvalue weighted by molar-refractivity contribution is 0.527. The highest BCUT2D eigenvalue weighted by Gasteiger charge is 1.95. The summed E-state index contributed by atoms with van der Waals surface area (Å²) in [7, 11) is 0. The second kappa shape index (κ2) is 32.7. The van der Waals surface area contributed by atoms with Crippen LogP contribution in [-0.4, -0.2) is 85.1 Å². The largest absolute Gasteiger partial charge is 0.329 e. The Hall–Kier alpha value is -0.280. The van der Waals surface area contributed by atoms with E-state index in [0.717, 1.165) is 72.0 Å². The molecule has 0 bridgehead atoms. The Bertz CT molecular complexity index is 313. The molecule has 0 aliphatic carbocycles. The molecule has 0 unspecified atom stereocenters. The van der Waals surface area contributed by atoms with Gasteiger partial charge in [0, 0.05) is 78.5 Å². The molecule has 0 amide bonds. The van der Waals surface area contributed by atoms with Crippen LogP contribution >= 0.6 is 0 Å². The molecule has 0 spiro atoms. The summed E-state index contributed by atoms with van der Waals surface area (Å²) in [6, 6.07) is 0. The zero-order valence-corrected chi connectivity index (χ0v) is 23.0. The van der Waals surface area contributed by atoms with E-state index in [1.165, 1.54) is 90.0 Å². The minimum Gasteiger partial charge on any atom is -0.329 e. The first-order valence-electron chi connectivity index (χ1n) is 14.9. The first-order chi connectivity index (χ1) is 16.9. The van der Waals surface area contributed by atoms with Gasteiger partial charge in [0.05, 0.1) is 0 Å². The fraction of sp³-hybridized carbons (Fsp3) is 1.00. The Morgan fingerprint density at radius 2 is 0.588 bits per heavy atom. The van der Waals surface area contributed by atoms with Crippen molar-refractivity contribution in [2.24, 2.45) is 5.73 Å². The highest BCUT2D eigenvalue weighted by Crippen LogP contribution is 2.12. The summed E-state index contributed by atoms with van der Waals surface area (Å²) >= 11 is 0. The lowest BCUT2D eigenvalue weighted by Crippen LogP contribution is -2.37. The van der Waals surface area contributed by atoms with Crippen molar-refractivity contribution in [3.63, 3.8) is 0 Å². The van der Waals surface area contributed by atoms with Gasteiger partial charge in [-0.3, -0.25) is 0 Å². The van der Waals surface area contributed by atoms with E-state index in [2.05, 4.69) is 38.8 Å². The number of hydrogen-bond acceptors (Lipinski definition) is 7. The summed E-state index contributed by atoms with van der Waals surface area (Å²) in [6.45, 7) is 15.3. The SMILES string of the molecule is CCCCCCCCCCCCCCCNCCNCCNCCNCCNCCNCCN. The average molecular weight is 486 g/mol. The summed E-state index contributed by atoms with van der Waals surface area (Å²) in [6.07, 6.45) is 18.5. The summed E-state index contributed by atoms with van der Waals surface area (Å²) < 4.78 is 0. The maximum Gasteiger partial charge on any atom is 0.00772 e. The van der Waals surface area contributed by atoms with Crippen molar-refractivity contribution in [2.75, 3.05) is 85.1 Å². The topological polar surface area (TPSA) is 98.2 Å². The third-order valence-corrected chi connectivity index (χ3v) is 6.17. The van der Waals surface area contributed by atoms with Gasteiger partial charge in [-0.2, -0.15) is 0 Å². The maximum atomic E-state index is 5.43. The Kier molecular flexibility index (Phi) is 32.5. The lowest BCUT2D eigenvalue weighted by Gasteiger charge is -2.09. The summed E-state index contributed by atoms with van der Waals surface area (Å²) in [5.74, 6) is 0. The molecule has 0 aliphatic rings. The fourth-order valence-corrected chi connectivity index (χ4v) is 4.00. The Morgan fingerprint density at radius 3 is 0.912 bits per heavy atom. The molecule has 0 heterocycles. The van der Waals surface area contributed by atoms with Crippen molar-refractivity contribution in [2.45, 2.75) is 90.4 Å². The molecule has 8 N–H and O–H groups in total. The van der Waals surface area contributed by atoms with Crippen LogP contribution in [-0.2, 0) is 0 Å². The van der Waals surface area contributed by atoms with E-state index in [9.17, 15) is 0 Å². The molecule has 0 saturated carbocycles. The third kappa shape index (κ3) is 31.7. The summed E-state index contributed by atoms with van der Waals surface area (Å²) in [4.78, 5) is 0. The van der Waals surface area contributed by atoms with Gasteiger partial charge in [-0.25, -0.2) is 0 Å². The van der Waals surface area contributed by atoms with Crippen LogP contribution in [0.1, 0.15) is 90.4 Å². The van der Waals surface area contributed by atoms with Crippen LogP contribution in [0.4, 0.5) is 0 Å². The molecule has 7 heteroatoms. The Balaban J connectivity index is 2.99. The van der Waals surface area contributed by atoms with Crippen molar-refractivity contribution in [1.82, 2.24) is 31.9 Å². The van der Waals surface area contributed by atoms with Crippen LogP contribution < -0.4 is 37.6 Å². The van der Waals surface area contributed by atoms with Crippen molar-refractivity contribution in [1.29, 1.82) is 0 Å². The third-order valence-electron chi connectivity index (χ3n) is 6.17. The molecule has 0 aromatic carbocycles. The minimum absolute atomic E-state index is 0.709. The zero-order valence-electron chi connectivity index (χ0n) is 23.0. The highest BCUT2D eigenvalue weighted by molar-refractivity contribution is 4.59. The van der Waals surface area contributed by atoms with Crippen LogP contribution in [0.2, 0.25) is 0 Å². The molecule has 34 heavy (non-hydrogen) atoms. The number of unbranched alkanes of at least 4 members (excludes halogenated alkanes) is 12. The van der Waals surface area contributed by atoms with Crippen LogP contribution in [0.5, 0.6) is 0 Å². The second-order valence-electron chi connectivity index (χ2n) is 9.53. The van der Waals surface area contributed by atoms with Gasteiger partial charge < -0.3 is 37.6 Å². The predicted octanol–water partition coefficient (Wildman–Crippen LogP) is 2.57. The van der Waals surface area contributed by atoms with E-state index in [1.807, 2.05) is 0 Å². The zero-order chi connectivity index (χ0) is 24.6. The average Bonchev–Trinajstić information content (AvgIpc) is 2.85. The van der Waals surface area contributed by atoms with Gasteiger partial charge in [0.1, 0.15) is 0 Å². The molecule has 0 atom stereocenters. The second-order valence-corrected chi connectivity index (χ2v) is 9.53. The van der Waals surface area contributed by atoms with E-state index in [1.54, 1.807) is 0 Å². The van der Waals surface area contributed by atoms with E-state index in [4.69, 9.17) is 5.73 Å². The van der Waals surface area contributed by atoms with Gasteiger partial charge in [0.2, 0.25) is 0 Å². The Labute approximate surface area is 213 Å². The van der Waals surface area contributed by atoms with Crippen LogP contribution in [0.25, 0.3) is 0 Å². The molecule has 0 aliphatic heterocycles. The molecule has 0 fully saturated rings. The molecule has 0 aromatic heterocycles. The molecular weight excluding hydrogens is 422 g/mol. The number of nitrogens with two attached hydrogens (primary N) is 1. The van der Waals surface area contributed by atoms with Gasteiger partial charge in [0.25, 0.3) is 0 Å². The molecule has 0 saturated heterocycles. The first kappa shape index (κ1) is 33.7. The van der Waals surface area contributed by atoms with Crippen molar-refractivity contribution in [3.8, 4) is 0 Å². The van der Waals surface area contributed by atoms with Gasteiger partial charge >= 0.3 is 0 Å². The summed E-state index contributed by atoms with van der Waals surface area (Å²) in [5, 5.41) is 20.7. The smallest absolute Gasteiger partial charge is 0.00772 e. The first-order valence-corrected chi connectivity index (χ1v) is 14.9. The number of hydrogen-bond donors (Lipinski definition) is 7. The van der Waals surface area contributed by atoms with Crippen LogP contribution in [0, 0.1) is 0 Å². The number of rotatable bonds is 31. The lowest BCUT2D eigenvalue weighted by atomic mass is 10.0. The monoisotopic (exact) mass is 486 g/mol. The molecular formula is C27H63N7. The minimum atomic E-state index is 0.709. The molecule has 0 rings (SSSR count). The molecule has 7 nitrogen and oxygen atoms in total. The van der Waals surface area contributed by atoms with Crippen molar-refractivity contribution >= 4 is 0 Å².